The van der Waals surface area contributed by atoms with Gasteiger partial charge in [-0.3, -0.25) is 0 Å². The van der Waals surface area contributed by atoms with E-state index in [0.717, 1.165) is 0 Å². The minimum atomic E-state index is 0.0570. The average molecular weight is 250 g/mol. The molecule has 1 unspecified atom stereocenters. The van der Waals surface area contributed by atoms with Crippen molar-refractivity contribution in [2.75, 3.05) is 0 Å². The van der Waals surface area contributed by atoms with E-state index in [1.165, 1.54) is 22.9 Å². The van der Waals surface area contributed by atoms with Crippen LogP contribution in [0.2, 0.25) is 0 Å². The van der Waals surface area contributed by atoms with Crippen molar-refractivity contribution in [1.82, 2.24) is 0 Å². The Morgan fingerprint density at radius 2 is 1.81 bits per heavy atom. The molecule has 1 aromatic rings. The first-order valence-corrected chi connectivity index (χ1v) is 6.47. The first-order chi connectivity index (χ1) is 7.47. The van der Waals surface area contributed by atoms with E-state index in [1.54, 1.807) is 0 Å². The van der Waals surface area contributed by atoms with Crippen LogP contribution in [-0.2, 0) is 5.41 Å². The first-order valence-electron chi connectivity index (χ1n) is 5.19. The second kappa shape index (κ2) is 4.26. The molecule has 1 atom stereocenters. The van der Waals surface area contributed by atoms with E-state index in [0.29, 0.717) is 4.32 Å². The summed E-state index contributed by atoms with van der Waals surface area (Å²) in [7, 11) is 0. The molecule has 0 fully saturated rings. The Balaban J connectivity index is 2.20. The lowest BCUT2D eigenvalue weighted by Crippen LogP contribution is -2.10. The van der Waals surface area contributed by atoms with Gasteiger partial charge in [-0.1, -0.05) is 56.8 Å². The Bertz CT molecular complexity index is 429. The fraction of sp³-hybridized carbons (Fsp3) is 0.417. The molecule has 4 heteroatoms. The molecule has 0 saturated carbocycles. The van der Waals surface area contributed by atoms with Crippen LogP contribution < -0.4 is 0 Å². The van der Waals surface area contributed by atoms with Gasteiger partial charge in [0, 0.05) is 0 Å². The number of azo groups is 1. The first kappa shape index (κ1) is 11.7. The Morgan fingerprint density at radius 3 is 2.25 bits per heavy atom. The van der Waals surface area contributed by atoms with Crippen LogP contribution in [0.1, 0.15) is 37.3 Å². The Kier molecular flexibility index (Phi) is 3.13. The largest absolute Gasteiger partial charge is 0.184 e. The minimum Gasteiger partial charge on any atom is -0.167 e. The maximum absolute atomic E-state index is 4.98. The number of hydrogen-bond donors (Lipinski definition) is 0. The van der Waals surface area contributed by atoms with Crippen LogP contribution in [0, 0.1) is 0 Å². The van der Waals surface area contributed by atoms with Crippen LogP contribution in [0.25, 0.3) is 0 Å². The van der Waals surface area contributed by atoms with Crippen molar-refractivity contribution >= 4 is 28.3 Å². The monoisotopic (exact) mass is 250 g/mol. The number of nitrogens with zero attached hydrogens (tertiary/aromatic N) is 2. The normalized spacial score (nSPS) is 20.4. The lowest BCUT2D eigenvalue weighted by molar-refractivity contribution is 0.590. The third kappa shape index (κ3) is 2.50. The van der Waals surface area contributed by atoms with Crippen molar-refractivity contribution in [3.63, 3.8) is 0 Å². The van der Waals surface area contributed by atoms with Crippen molar-refractivity contribution in [3.8, 4) is 0 Å². The van der Waals surface area contributed by atoms with Gasteiger partial charge in [0.05, 0.1) is 0 Å². The fourth-order valence-corrected chi connectivity index (χ4v) is 2.52. The quantitative estimate of drug-likeness (QED) is 0.687. The van der Waals surface area contributed by atoms with E-state index in [9.17, 15) is 0 Å². The lowest BCUT2D eigenvalue weighted by Gasteiger charge is -2.19. The zero-order valence-electron chi connectivity index (χ0n) is 9.60. The van der Waals surface area contributed by atoms with Crippen molar-refractivity contribution in [2.24, 2.45) is 10.2 Å². The zero-order valence-corrected chi connectivity index (χ0v) is 11.2. The lowest BCUT2D eigenvalue weighted by atomic mass is 9.87. The summed E-state index contributed by atoms with van der Waals surface area (Å²) in [5.41, 5.74) is 2.69. The van der Waals surface area contributed by atoms with E-state index in [1.807, 2.05) is 0 Å². The molecular weight excluding hydrogens is 236 g/mol. The number of benzene rings is 1. The molecule has 0 radical (unpaired) electrons. The molecule has 1 aliphatic heterocycles. The highest BCUT2D eigenvalue weighted by Crippen LogP contribution is 2.37. The summed E-state index contributed by atoms with van der Waals surface area (Å²) in [6.07, 6.45) is 0. The van der Waals surface area contributed by atoms with E-state index in [2.05, 4.69) is 55.3 Å². The summed E-state index contributed by atoms with van der Waals surface area (Å²) < 4.78 is 0.630. The van der Waals surface area contributed by atoms with Crippen molar-refractivity contribution < 1.29 is 0 Å². The van der Waals surface area contributed by atoms with Crippen molar-refractivity contribution in [3.05, 3.63) is 35.4 Å². The van der Waals surface area contributed by atoms with Gasteiger partial charge >= 0.3 is 0 Å². The molecular formula is C12H14N2S2. The SMILES string of the molecule is CC(C)(C)c1ccc(C2N=NC(=S)S2)cc1. The third-order valence-electron chi connectivity index (χ3n) is 2.52. The summed E-state index contributed by atoms with van der Waals surface area (Å²) in [5.74, 6) is 0. The molecule has 84 valence electrons. The summed E-state index contributed by atoms with van der Waals surface area (Å²) in [6, 6.07) is 8.55. The zero-order chi connectivity index (χ0) is 11.8. The highest BCUT2D eigenvalue weighted by atomic mass is 32.2. The number of thiocarbonyl (C=S) groups is 1. The van der Waals surface area contributed by atoms with Gasteiger partial charge < -0.3 is 0 Å². The number of hydrogen-bond acceptors (Lipinski definition) is 3. The summed E-state index contributed by atoms with van der Waals surface area (Å²) in [5, 5.41) is 8.07. The Morgan fingerprint density at radius 1 is 1.19 bits per heavy atom. The maximum Gasteiger partial charge on any atom is 0.184 e. The molecule has 0 spiro atoms. The molecule has 0 amide bonds. The van der Waals surface area contributed by atoms with Crippen LogP contribution in [-0.4, -0.2) is 4.32 Å². The maximum atomic E-state index is 4.98. The molecule has 0 bridgehead atoms. The molecule has 1 heterocycles. The molecule has 1 aromatic carbocycles. The van der Waals surface area contributed by atoms with Crippen LogP contribution in [0.4, 0.5) is 0 Å². The smallest absolute Gasteiger partial charge is 0.167 e. The molecule has 0 N–H and O–H groups in total. The predicted octanol–water partition coefficient (Wildman–Crippen LogP) is 4.47. The topological polar surface area (TPSA) is 24.7 Å². The molecule has 2 nitrogen and oxygen atoms in total. The summed E-state index contributed by atoms with van der Waals surface area (Å²) >= 11 is 6.51. The van der Waals surface area contributed by atoms with Crippen LogP contribution in [0.3, 0.4) is 0 Å². The van der Waals surface area contributed by atoms with Gasteiger partial charge in [0.25, 0.3) is 0 Å². The standard InChI is InChI=1S/C12H14N2S2/c1-12(2,3)9-6-4-8(5-7-9)10-13-14-11(15)16-10/h4-7,10H,1-3H3. The fourth-order valence-electron chi connectivity index (χ4n) is 1.52. The second-order valence-corrected chi connectivity index (χ2v) is 6.54. The van der Waals surface area contributed by atoms with Gasteiger partial charge in [-0.2, -0.15) is 5.11 Å². The Hall–Kier alpha value is -0.740. The van der Waals surface area contributed by atoms with Gasteiger partial charge in [-0.05, 0) is 28.8 Å². The average Bonchev–Trinajstić information content (AvgIpc) is 2.64. The van der Waals surface area contributed by atoms with E-state index in [4.69, 9.17) is 12.2 Å². The summed E-state index contributed by atoms with van der Waals surface area (Å²) in [4.78, 5) is 0. The number of thioether (sulfide) groups is 1. The van der Waals surface area contributed by atoms with E-state index >= 15 is 0 Å². The molecule has 0 saturated heterocycles. The van der Waals surface area contributed by atoms with Gasteiger partial charge in [0.15, 0.2) is 4.32 Å². The minimum absolute atomic E-state index is 0.0570. The molecule has 0 aliphatic carbocycles. The molecule has 16 heavy (non-hydrogen) atoms. The van der Waals surface area contributed by atoms with E-state index in [-0.39, 0.29) is 10.8 Å². The molecule has 0 aromatic heterocycles. The van der Waals surface area contributed by atoms with Crippen LogP contribution in [0.15, 0.2) is 34.5 Å². The van der Waals surface area contributed by atoms with Crippen LogP contribution in [0.5, 0.6) is 0 Å². The van der Waals surface area contributed by atoms with Gasteiger partial charge in [-0.25, -0.2) is 0 Å². The highest BCUT2D eigenvalue weighted by Gasteiger charge is 2.20. The Labute approximate surface area is 106 Å². The summed E-state index contributed by atoms with van der Waals surface area (Å²) in [6.45, 7) is 6.63. The van der Waals surface area contributed by atoms with Crippen molar-refractivity contribution in [1.29, 1.82) is 0 Å². The van der Waals surface area contributed by atoms with Crippen molar-refractivity contribution in [2.45, 2.75) is 31.6 Å². The van der Waals surface area contributed by atoms with Gasteiger partial charge in [0.2, 0.25) is 0 Å². The molecule has 1 aliphatic rings. The molecule has 2 rings (SSSR count). The number of rotatable bonds is 1. The second-order valence-electron chi connectivity index (χ2n) is 4.82. The highest BCUT2D eigenvalue weighted by molar-refractivity contribution is 8.23. The van der Waals surface area contributed by atoms with Gasteiger partial charge in [0.1, 0.15) is 5.37 Å². The predicted molar refractivity (Wildman–Crippen MR) is 72.9 cm³/mol. The third-order valence-corrected chi connectivity index (χ3v) is 3.76. The van der Waals surface area contributed by atoms with Gasteiger partial charge in [-0.15, -0.1) is 5.11 Å². The van der Waals surface area contributed by atoms with E-state index < -0.39 is 0 Å². The van der Waals surface area contributed by atoms with Crippen LogP contribution >= 0.6 is 24.0 Å².